The predicted octanol–water partition coefficient (Wildman–Crippen LogP) is 11.9. The quantitative estimate of drug-likeness (QED) is 0.185. The first-order valence-corrected chi connectivity index (χ1v) is 17.6. The zero-order chi connectivity index (χ0) is 33.9. The molecule has 0 saturated heterocycles. The van der Waals surface area contributed by atoms with Crippen molar-refractivity contribution in [3.63, 3.8) is 0 Å². The molecule has 0 radical (unpaired) electrons. The fraction of sp³-hybridized carbons (Fsp3) is 0.0217. The van der Waals surface area contributed by atoms with Crippen molar-refractivity contribution in [2.45, 2.75) is 11.3 Å². The van der Waals surface area contributed by atoms with E-state index in [9.17, 15) is 0 Å². The van der Waals surface area contributed by atoms with Crippen molar-refractivity contribution in [1.29, 1.82) is 0 Å². The molecular weight excluding hydrogens is 641 g/mol. The summed E-state index contributed by atoms with van der Waals surface area (Å²) >= 11 is 5.31. The molecule has 1 aliphatic carbocycles. The SMILES string of the molecule is Sc1c(C2=CC=CC2)c2ccccc2c2c3ncccc3n(-c3nc(-c4ccc(-c5ccc(-c6ccccc6)cc5)cc4)c4ccccc4n3)c12. The number of para-hydroxylation sites is 1. The van der Waals surface area contributed by atoms with Crippen molar-refractivity contribution in [3.05, 3.63) is 170 Å². The van der Waals surface area contributed by atoms with E-state index in [0.29, 0.717) is 5.95 Å². The summed E-state index contributed by atoms with van der Waals surface area (Å²) in [5.74, 6) is 0.590. The van der Waals surface area contributed by atoms with E-state index in [-0.39, 0.29) is 0 Å². The van der Waals surface area contributed by atoms with Gasteiger partial charge in [-0.3, -0.25) is 9.55 Å². The van der Waals surface area contributed by atoms with Gasteiger partial charge in [-0.1, -0.05) is 140 Å². The van der Waals surface area contributed by atoms with Crippen LogP contribution in [-0.2, 0) is 0 Å². The first-order valence-electron chi connectivity index (χ1n) is 17.2. The number of hydrogen-bond acceptors (Lipinski definition) is 4. The first-order chi connectivity index (χ1) is 25.2. The molecule has 6 aromatic carbocycles. The average Bonchev–Trinajstić information content (AvgIpc) is 3.86. The zero-order valence-electron chi connectivity index (χ0n) is 27.5. The summed E-state index contributed by atoms with van der Waals surface area (Å²) in [6.45, 7) is 0. The van der Waals surface area contributed by atoms with Crippen molar-refractivity contribution in [2.24, 2.45) is 0 Å². The Morgan fingerprint density at radius 2 is 1.20 bits per heavy atom. The van der Waals surface area contributed by atoms with Crippen LogP contribution in [0.4, 0.5) is 0 Å². The number of hydrogen-bond donors (Lipinski definition) is 1. The van der Waals surface area contributed by atoms with Crippen molar-refractivity contribution in [3.8, 4) is 39.5 Å². The van der Waals surface area contributed by atoms with E-state index >= 15 is 0 Å². The highest BCUT2D eigenvalue weighted by atomic mass is 32.1. The lowest BCUT2D eigenvalue weighted by Crippen LogP contribution is -2.04. The van der Waals surface area contributed by atoms with Crippen LogP contribution in [0.5, 0.6) is 0 Å². The standard InChI is InChI=1S/C46H30N4S/c51-45-40(33-13-4-5-14-33)35-15-6-7-16-36(35)41-43-39(19-10-28-47-43)50(44(41)45)46-48-38-18-9-8-17-37(38)42(49-46)34-26-24-32(25-27-34)31-22-20-30(21-23-31)29-11-2-1-3-12-29/h1-13,15-28,51H,14H2. The third-order valence-corrected chi connectivity index (χ3v) is 10.5. The molecule has 0 bridgehead atoms. The molecule has 10 rings (SSSR count). The van der Waals surface area contributed by atoms with Crippen LogP contribution in [0.2, 0.25) is 0 Å². The van der Waals surface area contributed by atoms with Gasteiger partial charge in [0.25, 0.3) is 0 Å². The highest BCUT2D eigenvalue weighted by Crippen LogP contribution is 2.45. The molecule has 3 aromatic heterocycles. The summed E-state index contributed by atoms with van der Waals surface area (Å²) < 4.78 is 2.16. The second-order valence-corrected chi connectivity index (χ2v) is 13.4. The fourth-order valence-corrected chi connectivity index (χ4v) is 8.09. The summed E-state index contributed by atoms with van der Waals surface area (Å²) in [5.41, 5.74) is 12.7. The van der Waals surface area contributed by atoms with Crippen LogP contribution in [0.25, 0.3) is 88.6 Å². The maximum atomic E-state index is 5.37. The zero-order valence-corrected chi connectivity index (χ0v) is 28.4. The van der Waals surface area contributed by atoms with Gasteiger partial charge in [-0.15, -0.1) is 12.6 Å². The Kier molecular flexibility index (Phi) is 6.93. The average molecular weight is 671 g/mol. The number of benzene rings is 6. The van der Waals surface area contributed by atoms with Crippen LogP contribution in [0, 0.1) is 0 Å². The van der Waals surface area contributed by atoms with Crippen LogP contribution < -0.4 is 0 Å². The van der Waals surface area contributed by atoms with Gasteiger partial charge in [0.05, 0.1) is 27.8 Å². The Morgan fingerprint density at radius 3 is 1.90 bits per heavy atom. The van der Waals surface area contributed by atoms with Gasteiger partial charge in [0.15, 0.2) is 0 Å². The maximum absolute atomic E-state index is 5.37. The maximum Gasteiger partial charge on any atom is 0.235 e. The van der Waals surface area contributed by atoms with Crippen molar-refractivity contribution >= 4 is 61.8 Å². The molecule has 51 heavy (non-hydrogen) atoms. The van der Waals surface area contributed by atoms with E-state index in [1.165, 1.54) is 27.6 Å². The van der Waals surface area contributed by atoms with Gasteiger partial charge in [0.1, 0.15) is 0 Å². The third kappa shape index (κ3) is 4.81. The number of allylic oxidation sites excluding steroid dienone is 4. The second kappa shape index (κ2) is 11.9. The highest BCUT2D eigenvalue weighted by molar-refractivity contribution is 7.80. The minimum Gasteiger partial charge on any atom is -0.275 e. The molecule has 1 aliphatic rings. The van der Waals surface area contributed by atoms with Crippen LogP contribution in [0.15, 0.2) is 169 Å². The number of rotatable bonds is 5. The lowest BCUT2D eigenvalue weighted by molar-refractivity contribution is 1.00. The number of aromatic nitrogens is 4. The monoisotopic (exact) mass is 670 g/mol. The van der Waals surface area contributed by atoms with E-state index in [2.05, 4.69) is 144 Å². The van der Waals surface area contributed by atoms with Crippen LogP contribution in [0.3, 0.4) is 0 Å². The van der Waals surface area contributed by atoms with Gasteiger partial charge in [-0.25, -0.2) is 9.97 Å². The van der Waals surface area contributed by atoms with E-state index in [4.69, 9.17) is 27.6 Å². The van der Waals surface area contributed by atoms with Crippen LogP contribution in [-0.4, -0.2) is 19.5 Å². The van der Waals surface area contributed by atoms with E-state index in [1.54, 1.807) is 0 Å². The summed E-state index contributed by atoms with van der Waals surface area (Å²) in [4.78, 5) is 16.4. The fourth-order valence-electron chi connectivity index (χ4n) is 7.61. The molecule has 0 saturated carbocycles. The molecule has 0 spiro atoms. The lowest BCUT2D eigenvalue weighted by atomic mass is 9.94. The number of thiol groups is 1. The predicted molar refractivity (Wildman–Crippen MR) is 214 cm³/mol. The van der Waals surface area contributed by atoms with Crippen LogP contribution >= 0.6 is 12.6 Å². The summed E-state index contributed by atoms with van der Waals surface area (Å²) in [6.07, 6.45) is 9.25. The third-order valence-electron chi connectivity index (χ3n) is 10.0. The van der Waals surface area contributed by atoms with Gasteiger partial charge >= 0.3 is 0 Å². The lowest BCUT2D eigenvalue weighted by Gasteiger charge is -2.16. The van der Waals surface area contributed by atoms with Gasteiger partial charge in [0, 0.05) is 33.0 Å². The summed E-state index contributed by atoms with van der Waals surface area (Å²) in [7, 11) is 0. The largest absolute Gasteiger partial charge is 0.275 e. The van der Waals surface area contributed by atoms with Crippen molar-refractivity contribution in [2.75, 3.05) is 0 Å². The Labute approximate surface area is 300 Å². The van der Waals surface area contributed by atoms with Crippen molar-refractivity contribution < 1.29 is 0 Å². The summed E-state index contributed by atoms with van der Waals surface area (Å²) in [6, 6.07) is 48.9. The Hall–Kier alpha value is -6.30. The molecule has 0 N–H and O–H groups in total. The Balaban J connectivity index is 1.17. The first kappa shape index (κ1) is 29.6. The molecule has 0 atom stereocenters. The molecular formula is C46H30N4S. The van der Waals surface area contributed by atoms with Gasteiger partial charge < -0.3 is 0 Å². The topological polar surface area (TPSA) is 43.6 Å². The molecule has 3 heterocycles. The van der Waals surface area contributed by atoms with E-state index < -0.39 is 0 Å². The smallest absolute Gasteiger partial charge is 0.235 e. The number of fused-ring (bicyclic) bond motifs is 6. The molecule has 9 aromatic rings. The molecule has 0 fully saturated rings. The van der Waals surface area contributed by atoms with Crippen LogP contribution in [0.1, 0.15) is 12.0 Å². The summed E-state index contributed by atoms with van der Waals surface area (Å²) in [5, 5.41) is 4.37. The normalized spacial score (nSPS) is 12.8. The van der Waals surface area contributed by atoms with E-state index in [1.807, 2.05) is 24.4 Å². The molecule has 0 aliphatic heterocycles. The molecule has 240 valence electrons. The number of nitrogens with zero attached hydrogens (tertiary/aromatic N) is 4. The minimum absolute atomic E-state index is 0.590. The molecule has 4 nitrogen and oxygen atoms in total. The van der Waals surface area contributed by atoms with Crippen molar-refractivity contribution in [1.82, 2.24) is 19.5 Å². The molecule has 0 amide bonds. The van der Waals surface area contributed by atoms with Gasteiger partial charge in [0.2, 0.25) is 5.95 Å². The molecule has 0 unspecified atom stereocenters. The van der Waals surface area contributed by atoms with Gasteiger partial charge in [-0.05, 0) is 63.2 Å². The highest BCUT2D eigenvalue weighted by Gasteiger charge is 2.25. The Morgan fingerprint density at radius 1 is 0.569 bits per heavy atom. The second-order valence-electron chi connectivity index (χ2n) is 12.9. The van der Waals surface area contributed by atoms with Gasteiger partial charge in [-0.2, -0.15) is 0 Å². The molecule has 5 heteroatoms. The Bertz CT molecular complexity index is 2870. The van der Waals surface area contributed by atoms with E-state index in [0.717, 1.165) is 71.9 Å². The number of pyridine rings is 1. The minimum atomic E-state index is 0.590.